The predicted molar refractivity (Wildman–Crippen MR) is 110 cm³/mol. The fraction of sp³-hybridized carbons (Fsp3) is 0.350. The third-order valence-electron chi connectivity index (χ3n) is 5.70. The van der Waals surface area contributed by atoms with Crippen molar-refractivity contribution in [3.05, 3.63) is 65.2 Å². The minimum Gasteiger partial charge on any atom is -0.309 e. The Bertz CT molecular complexity index is 1130. The predicted octanol–water partition coefficient (Wildman–Crippen LogP) is 2.91. The number of rotatable bonds is 4. The standard InChI is InChI=1S/C20H20ClN5O2S/c21-16-5-3-14(4-6-16)13-29(27,28)26-17-7-8-18(26)12-25-19(10-17)23-24-20(25)15-2-1-9-22-11-15/h1-6,9,11,17-18H,7-8,10,12-13H2/t17-,18+/m0/s1. The number of pyridine rings is 1. The summed E-state index contributed by atoms with van der Waals surface area (Å²) in [7, 11) is -3.47. The first-order valence-corrected chi connectivity index (χ1v) is 11.6. The summed E-state index contributed by atoms with van der Waals surface area (Å²) in [5.41, 5.74) is 1.63. The van der Waals surface area contributed by atoms with Crippen LogP contribution in [-0.2, 0) is 28.7 Å². The summed E-state index contributed by atoms with van der Waals surface area (Å²) in [4.78, 5) is 4.17. The molecule has 0 saturated carbocycles. The average Bonchev–Trinajstić information content (AvgIpc) is 3.24. The summed E-state index contributed by atoms with van der Waals surface area (Å²) in [5, 5.41) is 9.33. The summed E-state index contributed by atoms with van der Waals surface area (Å²) >= 11 is 5.93. The van der Waals surface area contributed by atoms with Gasteiger partial charge in [-0.1, -0.05) is 23.7 Å². The highest BCUT2D eigenvalue weighted by atomic mass is 35.5. The van der Waals surface area contributed by atoms with Gasteiger partial charge in [-0.15, -0.1) is 10.2 Å². The van der Waals surface area contributed by atoms with Crippen molar-refractivity contribution in [1.82, 2.24) is 24.1 Å². The third-order valence-corrected chi connectivity index (χ3v) is 7.88. The largest absolute Gasteiger partial charge is 0.309 e. The van der Waals surface area contributed by atoms with Crippen molar-refractivity contribution in [2.24, 2.45) is 0 Å². The normalized spacial score (nSPS) is 21.7. The summed E-state index contributed by atoms with van der Waals surface area (Å²) in [5.74, 6) is 1.56. The fourth-order valence-electron chi connectivity index (χ4n) is 4.43. The van der Waals surface area contributed by atoms with E-state index >= 15 is 0 Å². The highest BCUT2D eigenvalue weighted by molar-refractivity contribution is 7.88. The van der Waals surface area contributed by atoms with E-state index in [1.54, 1.807) is 41.0 Å². The monoisotopic (exact) mass is 429 g/mol. The van der Waals surface area contributed by atoms with Gasteiger partial charge in [0.25, 0.3) is 0 Å². The van der Waals surface area contributed by atoms with Crippen LogP contribution in [0.5, 0.6) is 0 Å². The van der Waals surface area contributed by atoms with Crippen LogP contribution in [0, 0.1) is 0 Å². The molecule has 0 amide bonds. The lowest BCUT2D eigenvalue weighted by Gasteiger charge is -2.27. The van der Waals surface area contributed by atoms with Crippen molar-refractivity contribution in [3.63, 3.8) is 0 Å². The van der Waals surface area contributed by atoms with Gasteiger partial charge < -0.3 is 4.57 Å². The smallest absolute Gasteiger partial charge is 0.218 e. The summed E-state index contributed by atoms with van der Waals surface area (Å²) in [6.07, 6.45) is 5.74. The van der Waals surface area contributed by atoms with Crippen molar-refractivity contribution in [2.45, 2.75) is 43.6 Å². The van der Waals surface area contributed by atoms with Crippen LogP contribution in [0.25, 0.3) is 11.4 Å². The second kappa shape index (κ2) is 7.19. The zero-order valence-corrected chi connectivity index (χ0v) is 17.2. The molecule has 0 N–H and O–H groups in total. The molecule has 2 aromatic heterocycles. The highest BCUT2D eigenvalue weighted by Gasteiger charge is 2.44. The SMILES string of the molecule is O=S(=O)(Cc1ccc(Cl)cc1)N1[C@@H]2CC[C@H]1Cc1nnc(-c3cccnc3)n1C2. The molecule has 0 radical (unpaired) electrons. The maximum absolute atomic E-state index is 13.3. The Hall–Kier alpha value is -2.29. The van der Waals surface area contributed by atoms with Crippen LogP contribution in [0.2, 0.25) is 5.02 Å². The highest BCUT2D eigenvalue weighted by Crippen LogP contribution is 2.36. The van der Waals surface area contributed by atoms with Crippen LogP contribution < -0.4 is 0 Å². The van der Waals surface area contributed by atoms with Crippen LogP contribution >= 0.6 is 11.6 Å². The van der Waals surface area contributed by atoms with E-state index in [4.69, 9.17) is 11.6 Å². The van der Waals surface area contributed by atoms with Crippen molar-refractivity contribution < 1.29 is 8.42 Å². The van der Waals surface area contributed by atoms with E-state index in [1.165, 1.54) is 0 Å². The van der Waals surface area contributed by atoms with Crippen molar-refractivity contribution in [3.8, 4) is 11.4 Å². The molecule has 2 aliphatic heterocycles. The van der Waals surface area contributed by atoms with Gasteiger partial charge in [0.15, 0.2) is 5.82 Å². The molecule has 2 aliphatic rings. The van der Waals surface area contributed by atoms with Gasteiger partial charge in [-0.2, -0.15) is 4.31 Å². The molecule has 0 spiro atoms. The van der Waals surface area contributed by atoms with Crippen LogP contribution in [0.3, 0.4) is 0 Å². The maximum Gasteiger partial charge on any atom is 0.218 e. The number of aromatic nitrogens is 4. The van der Waals surface area contributed by atoms with Crippen molar-refractivity contribution in [1.29, 1.82) is 0 Å². The molecule has 2 bridgehead atoms. The minimum absolute atomic E-state index is 0.0206. The van der Waals surface area contributed by atoms with Gasteiger partial charge in [0.1, 0.15) is 5.82 Å². The number of hydrogen-bond donors (Lipinski definition) is 0. The maximum atomic E-state index is 13.3. The van der Waals surface area contributed by atoms with Gasteiger partial charge in [-0.25, -0.2) is 8.42 Å². The molecule has 9 heteroatoms. The number of hydrogen-bond acceptors (Lipinski definition) is 5. The molecule has 4 heterocycles. The van der Waals surface area contributed by atoms with Gasteiger partial charge in [-0.3, -0.25) is 4.98 Å². The lowest BCUT2D eigenvalue weighted by Crippen LogP contribution is -2.42. The number of sulfonamides is 1. The van der Waals surface area contributed by atoms with E-state index < -0.39 is 10.0 Å². The summed E-state index contributed by atoms with van der Waals surface area (Å²) < 4.78 is 30.4. The molecular formula is C20H20ClN5O2S. The first-order valence-electron chi connectivity index (χ1n) is 9.59. The lowest BCUT2D eigenvalue weighted by atomic mass is 10.1. The molecule has 0 aliphatic carbocycles. The molecule has 1 saturated heterocycles. The number of fused-ring (bicyclic) bond motifs is 3. The molecule has 2 atom stereocenters. The Morgan fingerprint density at radius 3 is 2.62 bits per heavy atom. The van der Waals surface area contributed by atoms with Gasteiger partial charge in [-0.05, 0) is 42.7 Å². The Kier molecular flexibility index (Phi) is 4.64. The molecular weight excluding hydrogens is 410 g/mol. The quantitative estimate of drug-likeness (QED) is 0.637. The first-order chi connectivity index (χ1) is 14.0. The molecule has 29 heavy (non-hydrogen) atoms. The Labute approximate surface area is 174 Å². The van der Waals surface area contributed by atoms with E-state index in [9.17, 15) is 8.42 Å². The number of benzene rings is 1. The van der Waals surface area contributed by atoms with E-state index in [1.807, 2.05) is 12.1 Å². The Morgan fingerprint density at radius 2 is 1.86 bits per heavy atom. The first kappa shape index (κ1) is 18.7. The second-order valence-electron chi connectivity index (χ2n) is 7.59. The zero-order valence-electron chi connectivity index (χ0n) is 15.6. The average molecular weight is 430 g/mol. The van der Waals surface area contributed by atoms with Crippen LogP contribution in [0.4, 0.5) is 0 Å². The molecule has 7 nitrogen and oxygen atoms in total. The van der Waals surface area contributed by atoms with Gasteiger partial charge in [0.05, 0.1) is 5.75 Å². The van der Waals surface area contributed by atoms with Gasteiger partial charge in [0, 0.05) is 48.0 Å². The Morgan fingerprint density at radius 1 is 1.07 bits per heavy atom. The molecule has 150 valence electrons. The Balaban J connectivity index is 1.46. The van der Waals surface area contributed by atoms with Crippen molar-refractivity contribution in [2.75, 3.05) is 0 Å². The van der Waals surface area contributed by atoms with E-state index in [-0.39, 0.29) is 17.8 Å². The molecule has 1 fully saturated rings. The van der Waals surface area contributed by atoms with Gasteiger partial charge in [0.2, 0.25) is 10.0 Å². The second-order valence-corrected chi connectivity index (χ2v) is 9.90. The zero-order chi connectivity index (χ0) is 20.0. The molecule has 5 rings (SSSR count). The van der Waals surface area contributed by atoms with Crippen LogP contribution in [0.15, 0.2) is 48.8 Å². The summed E-state index contributed by atoms with van der Waals surface area (Å²) in [6.45, 7) is 0.558. The van der Waals surface area contributed by atoms with E-state index in [0.29, 0.717) is 18.0 Å². The van der Waals surface area contributed by atoms with E-state index in [2.05, 4.69) is 19.7 Å². The fourth-order valence-corrected chi connectivity index (χ4v) is 6.58. The van der Waals surface area contributed by atoms with Crippen LogP contribution in [0.1, 0.15) is 24.2 Å². The van der Waals surface area contributed by atoms with E-state index in [0.717, 1.165) is 35.6 Å². The van der Waals surface area contributed by atoms with Gasteiger partial charge >= 0.3 is 0 Å². The van der Waals surface area contributed by atoms with Crippen LogP contribution in [-0.4, -0.2) is 44.6 Å². The topological polar surface area (TPSA) is 81.0 Å². The third kappa shape index (κ3) is 3.45. The number of nitrogens with zero attached hydrogens (tertiary/aromatic N) is 5. The number of halogens is 1. The molecule has 0 unspecified atom stereocenters. The molecule has 3 aromatic rings. The van der Waals surface area contributed by atoms with Crippen molar-refractivity contribution >= 4 is 21.6 Å². The molecule has 1 aromatic carbocycles. The lowest BCUT2D eigenvalue weighted by molar-refractivity contribution is 0.315. The minimum atomic E-state index is -3.47. The summed E-state index contributed by atoms with van der Waals surface area (Å²) in [6, 6.07) is 10.6.